The van der Waals surface area contributed by atoms with Crippen LogP contribution in [0.4, 0.5) is 14.9 Å². The summed E-state index contributed by atoms with van der Waals surface area (Å²) < 4.78 is 13.3. The van der Waals surface area contributed by atoms with E-state index in [1.807, 2.05) is 0 Å². The largest absolute Gasteiger partial charge is 0.338 e. The number of hydrogen-bond donors (Lipinski definition) is 3. The highest BCUT2D eigenvalue weighted by atomic mass is 19.1. The van der Waals surface area contributed by atoms with Crippen LogP contribution < -0.4 is 16.2 Å². The number of nitrogens with zero attached hydrogens (tertiary/aromatic N) is 1. The average Bonchev–Trinajstić information content (AvgIpc) is 2.48. The average molecular weight is 274 g/mol. The number of anilines is 1. The Bertz CT molecular complexity index is 619. The van der Waals surface area contributed by atoms with E-state index in [0.717, 1.165) is 0 Å². The second kappa shape index (κ2) is 6.28. The van der Waals surface area contributed by atoms with Gasteiger partial charge in [-0.1, -0.05) is 12.1 Å². The molecule has 0 saturated heterocycles. The van der Waals surface area contributed by atoms with E-state index < -0.39 is 17.8 Å². The van der Waals surface area contributed by atoms with E-state index in [4.69, 9.17) is 0 Å². The molecule has 102 valence electrons. The van der Waals surface area contributed by atoms with Crippen molar-refractivity contribution in [2.75, 3.05) is 5.32 Å². The Hall–Kier alpha value is -2.96. The summed E-state index contributed by atoms with van der Waals surface area (Å²) in [6.45, 7) is 0. The molecule has 0 unspecified atom stereocenters. The van der Waals surface area contributed by atoms with Crippen molar-refractivity contribution in [1.82, 2.24) is 15.8 Å². The number of halogens is 1. The molecule has 20 heavy (non-hydrogen) atoms. The first-order valence-electron chi connectivity index (χ1n) is 5.68. The minimum Gasteiger partial charge on any atom is -0.304 e. The summed E-state index contributed by atoms with van der Waals surface area (Å²) in [5.74, 6) is -1.07. The van der Waals surface area contributed by atoms with Crippen molar-refractivity contribution in [2.45, 2.75) is 0 Å². The lowest BCUT2D eigenvalue weighted by Crippen LogP contribution is -2.44. The van der Waals surface area contributed by atoms with E-state index in [2.05, 4.69) is 21.2 Å². The number of carbonyl (C=O) groups is 2. The number of hydrogen-bond acceptors (Lipinski definition) is 3. The second-order valence-electron chi connectivity index (χ2n) is 3.75. The lowest BCUT2D eigenvalue weighted by Gasteiger charge is -2.09. The second-order valence-corrected chi connectivity index (χ2v) is 3.75. The van der Waals surface area contributed by atoms with Crippen molar-refractivity contribution in [3.05, 3.63) is 60.2 Å². The van der Waals surface area contributed by atoms with Crippen LogP contribution in [0.15, 0.2) is 48.8 Å². The third-order valence-corrected chi connectivity index (χ3v) is 2.35. The number of carbonyl (C=O) groups excluding carboxylic acids is 2. The predicted octanol–water partition coefficient (Wildman–Crippen LogP) is 1.69. The van der Waals surface area contributed by atoms with Gasteiger partial charge in [0.05, 0.1) is 5.69 Å². The molecule has 2 aromatic rings. The molecule has 3 N–H and O–H groups in total. The fourth-order valence-electron chi connectivity index (χ4n) is 1.41. The standard InChI is InChI=1S/C13H11FN4O2/c14-10-3-1-2-4-11(10)16-13(20)18-17-12(19)9-5-7-15-8-6-9/h1-8H,(H,17,19)(H2,16,18,20). The molecule has 0 bridgehead atoms. The lowest BCUT2D eigenvalue weighted by atomic mass is 10.3. The van der Waals surface area contributed by atoms with Crippen LogP contribution >= 0.6 is 0 Å². The van der Waals surface area contributed by atoms with Gasteiger partial charge in [0.2, 0.25) is 0 Å². The monoisotopic (exact) mass is 274 g/mol. The molecule has 0 saturated carbocycles. The van der Waals surface area contributed by atoms with Crippen LogP contribution in [0.25, 0.3) is 0 Å². The number of benzene rings is 1. The summed E-state index contributed by atoms with van der Waals surface area (Å²) in [7, 11) is 0. The van der Waals surface area contributed by atoms with Gasteiger partial charge in [-0.2, -0.15) is 0 Å². The molecule has 1 aromatic carbocycles. The first-order valence-corrected chi connectivity index (χ1v) is 5.68. The van der Waals surface area contributed by atoms with E-state index >= 15 is 0 Å². The van der Waals surface area contributed by atoms with Crippen molar-refractivity contribution in [3.8, 4) is 0 Å². The van der Waals surface area contributed by atoms with Crippen molar-refractivity contribution in [3.63, 3.8) is 0 Å². The van der Waals surface area contributed by atoms with E-state index in [1.165, 1.54) is 42.7 Å². The number of pyridine rings is 1. The highest BCUT2D eigenvalue weighted by molar-refractivity contribution is 5.96. The van der Waals surface area contributed by atoms with E-state index in [1.54, 1.807) is 6.07 Å². The Morgan fingerprint density at radius 3 is 2.40 bits per heavy atom. The minimum atomic E-state index is -0.752. The number of amides is 3. The van der Waals surface area contributed by atoms with Gasteiger partial charge < -0.3 is 5.32 Å². The molecule has 0 aliphatic carbocycles. The Labute approximate surface area is 114 Å². The van der Waals surface area contributed by atoms with Gasteiger partial charge in [0.25, 0.3) is 5.91 Å². The Morgan fingerprint density at radius 2 is 1.70 bits per heavy atom. The molecule has 1 heterocycles. The van der Waals surface area contributed by atoms with Crippen LogP contribution in [0.5, 0.6) is 0 Å². The van der Waals surface area contributed by atoms with Crippen molar-refractivity contribution in [1.29, 1.82) is 0 Å². The number of para-hydroxylation sites is 1. The number of aromatic nitrogens is 1. The molecular formula is C13H11FN4O2. The number of urea groups is 1. The molecule has 6 nitrogen and oxygen atoms in total. The van der Waals surface area contributed by atoms with Crippen LogP contribution in [0, 0.1) is 5.82 Å². The molecular weight excluding hydrogens is 263 g/mol. The molecule has 3 amide bonds. The maximum Gasteiger partial charge on any atom is 0.338 e. The number of nitrogens with one attached hydrogen (secondary N) is 3. The van der Waals surface area contributed by atoms with Crippen LogP contribution in [-0.2, 0) is 0 Å². The van der Waals surface area contributed by atoms with Gasteiger partial charge in [0.1, 0.15) is 5.82 Å². The van der Waals surface area contributed by atoms with Crippen LogP contribution in [-0.4, -0.2) is 16.9 Å². The van der Waals surface area contributed by atoms with Crippen LogP contribution in [0.1, 0.15) is 10.4 Å². The maximum atomic E-state index is 13.3. The Morgan fingerprint density at radius 1 is 1.00 bits per heavy atom. The van der Waals surface area contributed by atoms with Gasteiger partial charge in [0, 0.05) is 18.0 Å². The predicted molar refractivity (Wildman–Crippen MR) is 70.3 cm³/mol. The summed E-state index contributed by atoms with van der Waals surface area (Å²) in [4.78, 5) is 26.9. The van der Waals surface area contributed by atoms with Crippen LogP contribution in [0.3, 0.4) is 0 Å². The molecule has 1 aromatic heterocycles. The molecule has 2 rings (SSSR count). The minimum absolute atomic E-state index is 0.0168. The zero-order valence-electron chi connectivity index (χ0n) is 10.3. The number of rotatable bonds is 2. The van der Waals surface area contributed by atoms with E-state index in [-0.39, 0.29) is 5.69 Å². The summed E-state index contributed by atoms with van der Waals surface area (Å²) in [5, 5.41) is 2.26. The summed E-state index contributed by atoms with van der Waals surface area (Å²) in [6, 6.07) is 7.93. The van der Waals surface area contributed by atoms with E-state index in [9.17, 15) is 14.0 Å². The molecule has 0 aliphatic heterocycles. The Balaban J connectivity index is 1.87. The zero-order chi connectivity index (χ0) is 14.4. The maximum absolute atomic E-state index is 13.3. The van der Waals surface area contributed by atoms with E-state index in [0.29, 0.717) is 5.56 Å². The van der Waals surface area contributed by atoms with Crippen LogP contribution in [0.2, 0.25) is 0 Å². The van der Waals surface area contributed by atoms with Gasteiger partial charge in [-0.15, -0.1) is 0 Å². The first kappa shape index (κ1) is 13.5. The SMILES string of the molecule is O=C(NNC(=O)c1ccncc1)Nc1ccccc1F. The zero-order valence-corrected chi connectivity index (χ0v) is 10.3. The van der Waals surface area contributed by atoms with Crippen molar-refractivity contribution < 1.29 is 14.0 Å². The van der Waals surface area contributed by atoms with Crippen molar-refractivity contribution >= 4 is 17.6 Å². The molecule has 0 aliphatic rings. The summed E-state index contributed by atoms with van der Waals surface area (Å²) in [5.41, 5.74) is 4.66. The highest BCUT2D eigenvalue weighted by Gasteiger charge is 2.08. The first-order chi connectivity index (χ1) is 9.66. The van der Waals surface area contributed by atoms with Gasteiger partial charge in [-0.25, -0.2) is 14.6 Å². The van der Waals surface area contributed by atoms with Gasteiger partial charge in [-0.3, -0.25) is 15.2 Å². The smallest absolute Gasteiger partial charge is 0.304 e. The molecule has 7 heteroatoms. The molecule has 0 atom stereocenters. The highest BCUT2D eigenvalue weighted by Crippen LogP contribution is 2.11. The fourth-order valence-corrected chi connectivity index (χ4v) is 1.41. The van der Waals surface area contributed by atoms with Gasteiger partial charge >= 0.3 is 6.03 Å². The molecule has 0 spiro atoms. The normalized spacial score (nSPS) is 9.65. The van der Waals surface area contributed by atoms with Gasteiger partial charge in [-0.05, 0) is 24.3 Å². The van der Waals surface area contributed by atoms with Crippen molar-refractivity contribution in [2.24, 2.45) is 0 Å². The lowest BCUT2D eigenvalue weighted by molar-refractivity contribution is 0.0938. The summed E-state index contributed by atoms with van der Waals surface area (Å²) >= 11 is 0. The summed E-state index contributed by atoms with van der Waals surface area (Å²) in [6.07, 6.45) is 2.91. The molecule has 0 fully saturated rings. The number of hydrazine groups is 1. The third kappa shape index (κ3) is 3.52. The quantitative estimate of drug-likeness (QED) is 0.729. The fraction of sp³-hybridized carbons (Fsp3) is 0. The topological polar surface area (TPSA) is 83.1 Å². The molecule has 0 radical (unpaired) electrons. The van der Waals surface area contributed by atoms with Gasteiger partial charge in [0.15, 0.2) is 0 Å². The Kier molecular flexibility index (Phi) is 4.23. The third-order valence-electron chi connectivity index (χ3n) is 2.35.